The summed E-state index contributed by atoms with van der Waals surface area (Å²) in [5.74, 6) is 1.58. The van der Waals surface area contributed by atoms with E-state index in [1.165, 1.54) is 12.1 Å². The first-order valence-corrected chi connectivity index (χ1v) is 9.86. The molecule has 0 aliphatic rings. The molecule has 30 heavy (non-hydrogen) atoms. The fourth-order valence-electron chi connectivity index (χ4n) is 3.28. The Morgan fingerprint density at radius 2 is 1.57 bits per heavy atom. The van der Waals surface area contributed by atoms with Gasteiger partial charge in [-0.05, 0) is 60.9 Å². The number of nitrogens with zero attached hydrogens (tertiary/aromatic N) is 2. The zero-order valence-electron chi connectivity index (χ0n) is 16.6. The molecule has 0 aliphatic heterocycles. The highest BCUT2D eigenvalue weighted by Gasteiger charge is 2.08. The van der Waals surface area contributed by atoms with E-state index in [0.29, 0.717) is 6.61 Å². The number of fused-ring (bicyclic) bond motifs is 1. The van der Waals surface area contributed by atoms with Crippen molar-refractivity contribution < 1.29 is 9.13 Å². The van der Waals surface area contributed by atoms with Crippen LogP contribution in [0.15, 0.2) is 78.9 Å². The largest absolute Gasteiger partial charge is 0.494 e. The highest BCUT2D eigenvalue weighted by Crippen LogP contribution is 2.19. The van der Waals surface area contributed by atoms with E-state index in [1.54, 1.807) is 12.1 Å². The van der Waals surface area contributed by atoms with Gasteiger partial charge < -0.3 is 9.30 Å². The molecule has 5 heteroatoms. The van der Waals surface area contributed by atoms with Gasteiger partial charge >= 0.3 is 0 Å². The van der Waals surface area contributed by atoms with Crippen molar-refractivity contribution in [2.75, 3.05) is 6.61 Å². The molecule has 0 atom stereocenters. The average Bonchev–Trinajstić information content (AvgIpc) is 3.11. The summed E-state index contributed by atoms with van der Waals surface area (Å²) in [6.45, 7) is 1.55. The molecule has 0 saturated carbocycles. The van der Waals surface area contributed by atoms with E-state index < -0.39 is 0 Å². The summed E-state index contributed by atoms with van der Waals surface area (Å²) < 4.78 is 21.1. The minimum atomic E-state index is -0.230. The Balaban J connectivity index is 0.00000256. The summed E-state index contributed by atoms with van der Waals surface area (Å²) in [7, 11) is 0. The number of halogens is 2. The number of para-hydroxylation sites is 3. The normalized spacial score (nSPS) is 11.0. The molecule has 0 spiro atoms. The van der Waals surface area contributed by atoms with Crippen LogP contribution >= 0.6 is 12.4 Å². The molecule has 0 amide bonds. The van der Waals surface area contributed by atoms with Crippen molar-refractivity contribution in [1.29, 1.82) is 0 Å². The van der Waals surface area contributed by atoms with E-state index >= 15 is 0 Å². The maximum absolute atomic E-state index is 13.1. The van der Waals surface area contributed by atoms with E-state index in [-0.39, 0.29) is 18.2 Å². The second-order valence-corrected chi connectivity index (χ2v) is 6.86. The van der Waals surface area contributed by atoms with Crippen molar-refractivity contribution >= 4 is 35.6 Å². The third kappa shape index (κ3) is 5.49. The number of aromatic nitrogens is 2. The summed E-state index contributed by atoms with van der Waals surface area (Å²) in [6.07, 6.45) is 5.91. The standard InChI is InChI=1S/C25H23FN2O.ClH/c26-21-15-12-20(13-16-21)14-17-25-27-23-10-4-5-11-24(23)28(25)18-6-7-19-29-22-8-2-1-3-9-22;/h1-5,8-17H,6-7,18-19H2;1H/b17-14+;. The molecule has 0 saturated heterocycles. The van der Waals surface area contributed by atoms with Crippen LogP contribution < -0.4 is 4.74 Å². The summed E-state index contributed by atoms with van der Waals surface area (Å²) in [5, 5.41) is 0. The van der Waals surface area contributed by atoms with Crippen molar-refractivity contribution in [3.05, 3.63) is 96.1 Å². The minimum absolute atomic E-state index is 0. The Labute approximate surface area is 182 Å². The fraction of sp³-hybridized carbons (Fsp3) is 0.160. The van der Waals surface area contributed by atoms with E-state index in [2.05, 4.69) is 10.6 Å². The first kappa shape index (κ1) is 21.6. The van der Waals surface area contributed by atoms with Gasteiger partial charge in [0.15, 0.2) is 0 Å². The van der Waals surface area contributed by atoms with Gasteiger partial charge in [0.2, 0.25) is 0 Å². The smallest absolute Gasteiger partial charge is 0.133 e. The van der Waals surface area contributed by atoms with Gasteiger partial charge in [-0.2, -0.15) is 0 Å². The minimum Gasteiger partial charge on any atom is -0.494 e. The van der Waals surface area contributed by atoms with Gasteiger partial charge in [0, 0.05) is 6.54 Å². The number of hydrogen-bond donors (Lipinski definition) is 0. The Bertz CT molecular complexity index is 1090. The van der Waals surface area contributed by atoms with Gasteiger partial charge in [0.1, 0.15) is 17.4 Å². The number of rotatable bonds is 8. The summed E-state index contributed by atoms with van der Waals surface area (Å²) in [6, 6.07) is 24.5. The van der Waals surface area contributed by atoms with Crippen molar-refractivity contribution in [3.63, 3.8) is 0 Å². The Morgan fingerprint density at radius 1 is 0.833 bits per heavy atom. The Kier molecular flexibility index (Phi) is 7.63. The second-order valence-electron chi connectivity index (χ2n) is 6.86. The lowest BCUT2D eigenvalue weighted by Gasteiger charge is -2.09. The zero-order chi connectivity index (χ0) is 19.9. The predicted octanol–water partition coefficient (Wildman–Crippen LogP) is 6.63. The lowest BCUT2D eigenvalue weighted by molar-refractivity contribution is 0.303. The molecular formula is C25H24ClFN2O. The van der Waals surface area contributed by atoms with Crippen LogP contribution in [0.25, 0.3) is 23.2 Å². The van der Waals surface area contributed by atoms with Crippen LogP contribution in [-0.2, 0) is 6.54 Å². The first-order valence-electron chi connectivity index (χ1n) is 9.86. The first-order chi connectivity index (χ1) is 14.3. The molecule has 0 bridgehead atoms. The van der Waals surface area contributed by atoms with Crippen molar-refractivity contribution in [1.82, 2.24) is 9.55 Å². The molecular weight excluding hydrogens is 399 g/mol. The Hall–Kier alpha value is -3.11. The van der Waals surface area contributed by atoms with Crippen molar-refractivity contribution in [3.8, 4) is 5.75 Å². The SMILES string of the molecule is Cl.Fc1ccc(/C=C/c2nc3ccccc3n2CCCCOc2ccccc2)cc1. The molecule has 154 valence electrons. The van der Waals surface area contributed by atoms with Crippen molar-refractivity contribution in [2.45, 2.75) is 19.4 Å². The molecule has 0 radical (unpaired) electrons. The average molecular weight is 423 g/mol. The van der Waals surface area contributed by atoms with E-state index in [9.17, 15) is 4.39 Å². The molecule has 3 nitrogen and oxygen atoms in total. The molecule has 0 aliphatic carbocycles. The van der Waals surface area contributed by atoms with Gasteiger partial charge in [0.25, 0.3) is 0 Å². The maximum Gasteiger partial charge on any atom is 0.133 e. The van der Waals surface area contributed by atoms with Crippen LogP contribution in [-0.4, -0.2) is 16.2 Å². The zero-order valence-corrected chi connectivity index (χ0v) is 17.4. The van der Waals surface area contributed by atoms with Gasteiger partial charge in [-0.1, -0.05) is 48.5 Å². The predicted molar refractivity (Wildman–Crippen MR) is 123 cm³/mol. The number of unbranched alkanes of at least 4 members (excludes halogenated alkanes) is 1. The number of hydrogen-bond acceptors (Lipinski definition) is 2. The molecule has 1 aromatic heterocycles. The highest BCUT2D eigenvalue weighted by molar-refractivity contribution is 5.85. The number of imidazole rings is 1. The van der Waals surface area contributed by atoms with Crippen LogP contribution in [0.3, 0.4) is 0 Å². The van der Waals surface area contributed by atoms with E-state index in [4.69, 9.17) is 9.72 Å². The molecule has 4 rings (SSSR count). The molecule has 0 fully saturated rings. The molecule has 4 aromatic rings. The monoisotopic (exact) mass is 422 g/mol. The van der Waals surface area contributed by atoms with Crippen LogP contribution in [0.5, 0.6) is 5.75 Å². The third-order valence-corrected chi connectivity index (χ3v) is 4.77. The number of ether oxygens (including phenoxy) is 1. The molecule has 0 N–H and O–H groups in total. The third-order valence-electron chi connectivity index (χ3n) is 4.77. The van der Waals surface area contributed by atoms with Crippen LogP contribution in [0.2, 0.25) is 0 Å². The summed E-state index contributed by atoms with van der Waals surface area (Å²) >= 11 is 0. The molecule has 1 heterocycles. The fourth-order valence-corrected chi connectivity index (χ4v) is 3.28. The highest BCUT2D eigenvalue weighted by atomic mass is 35.5. The van der Waals surface area contributed by atoms with E-state index in [0.717, 1.165) is 47.6 Å². The summed E-state index contributed by atoms with van der Waals surface area (Å²) in [5.41, 5.74) is 3.04. The van der Waals surface area contributed by atoms with Crippen LogP contribution in [0.4, 0.5) is 4.39 Å². The number of aryl methyl sites for hydroxylation is 1. The van der Waals surface area contributed by atoms with Crippen LogP contribution in [0, 0.1) is 5.82 Å². The quantitative estimate of drug-likeness (QED) is 0.298. The van der Waals surface area contributed by atoms with Gasteiger partial charge in [-0.3, -0.25) is 0 Å². The summed E-state index contributed by atoms with van der Waals surface area (Å²) in [4.78, 5) is 4.76. The lowest BCUT2D eigenvalue weighted by atomic mass is 10.2. The van der Waals surface area contributed by atoms with Gasteiger partial charge in [-0.25, -0.2) is 9.37 Å². The maximum atomic E-state index is 13.1. The van der Waals surface area contributed by atoms with Crippen LogP contribution in [0.1, 0.15) is 24.2 Å². The Morgan fingerprint density at radius 3 is 2.37 bits per heavy atom. The molecule has 3 aromatic carbocycles. The van der Waals surface area contributed by atoms with Gasteiger partial charge in [-0.15, -0.1) is 12.4 Å². The van der Waals surface area contributed by atoms with E-state index in [1.807, 2.05) is 60.7 Å². The van der Waals surface area contributed by atoms with Crippen molar-refractivity contribution in [2.24, 2.45) is 0 Å². The topological polar surface area (TPSA) is 27.1 Å². The van der Waals surface area contributed by atoms with Gasteiger partial charge in [0.05, 0.1) is 17.6 Å². The molecule has 0 unspecified atom stereocenters. The number of benzene rings is 3. The second kappa shape index (κ2) is 10.6. The lowest BCUT2D eigenvalue weighted by Crippen LogP contribution is -2.04.